The lowest BCUT2D eigenvalue weighted by Gasteiger charge is -2.18. The molecule has 0 radical (unpaired) electrons. The van der Waals surface area contributed by atoms with Crippen molar-refractivity contribution in [2.24, 2.45) is 0 Å². The van der Waals surface area contributed by atoms with Gasteiger partial charge >= 0.3 is 15.1 Å². The van der Waals surface area contributed by atoms with Crippen molar-refractivity contribution < 1.29 is 11.4 Å². The third-order valence-corrected chi connectivity index (χ3v) is 14.2. The molecule has 0 N–H and O–H groups in total. The Labute approximate surface area is 427 Å². The van der Waals surface area contributed by atoms with Crippen LogP contribution in [0.15, 0.2) is 267 Å². The third kappa shape index (κ3) is 9.52. The second kappa shape index (κ2) is 20.6. The normalized spacial score (nSPS) is 11.0. The Morgan fingerprint density at radius 2 is 0.740 bits per heavy atom. The van der Waals surface area contributed by atoms with Gasteiger partial charge in [0.2, 0.25) is 0 Å². The molecule has 13 aromatic rings. The van der Waals surface area contributed by atoms with Gasteiger partial charge in [-0.2, -0.15) is 0 Å². The summed E-state index contributed by atoms with van der Waals surface area (Å²) < 4.78 is 21.6. The van der Waals surface area contributed by atoms with E-state index in [4.69, 9.17) is 11.4 Å². The Hall–Kier alpha value is -9.32. The maximum Gasteiger partial charge on any atom is 1.20 e. The molecule has 0 aliphatic carbocycles. The Bertz CT molecular complexity index is 3770. The minimum absolute atomic E-state index is 0.608. The van der Waals surface area contributed by atoms with Crippen LogP contribution in [0.2, 0.25) is 0 Å². The van der Waals surface area contributed by atoms with Crippen molar-refractivity contribution >= 4 is 81.3 Å². The summed E-state index contributed by atoms with van der Waals surface area (Å²) in [5, 5.41) is 5.50. The van der Waals surface area contributed by atoms with Gasteiger partial charge in [0.05, 0.1) is 11.0 Å². The number of benzene rings is 9. The van der Waals surface area contributed by atoms with Crippen molar-refractivity contribution in [1.29, 1.82) is 0 Å². The van der Waals surface area contributed by atoms with Gasteiger partial charge in [0.1, 0.15) is 33.8 Å². The van der Waals surface area contributed by atoms with Crippen molar-refractivity contribution in [2.45, 2.75) is 0 Å². The van der Waals surface area contributed by atoms with Gasteiger partial charge in [-0.15, -0.1) is 0 Å². The van der Waals surface area contributed by atoms with Gasteiger partial charge in [0.15, 0.2) is 0 Å². The number of nitrogens with zero attached hydrogens (tertiary/aromatic N) is 4. The number of pyridine rings is 3. The molecule has 0 bridgehead atoms. The maximum absolute atomic E-state index is 6.41. The van der Waals surface area contributed by atoms with Crippen molar-refractivity contribution in [3.05, 3.63) is 284 Å². The molecule has 0 amide bonds. The first kappa shape index (κ1) is 44.9. The fourth-order valence-corrected chi connectivity index (χ4v) is 10.7. The van der Waals surface area contributed by atoms with Crippen LogP contribution in [0, 0.1) is 0 Å². The summed E-state index contributed by atoms with van der Waals surface area (Å²) in [6.07, 6.45) is 7.52. The molecule has 8 heteroatoms. The van der Waals surface area contributed by atoms with Crippen LogP contribution in [0.3, 0.4) is 0 Å². The Morgan fingerprint density at radius 1 is 0.356 bits per heavy atom. The highest BCUT2D eigenvalue weighted by Gasteiger charge is 2.46. The van der Waals surface area contributed by atoms with E-state index in [0.29, 0.717) is 17.2 Å². The number of hydrogen-bond acceptors (Lipinski definition) is 6. The molecule has 0 unspecified atom stereocenters. The van der Waals surface area contributed by atoms with Crippen LogP contribution in [-0.4, -0.2) is 34.7 Å². The third-order valence-electron chi connectivity index (χ3n) is 12.9. The summed E-state index contributed by atoms with van der Waals surface area (Å²) in [6.45, 7) is 0. The average Bonchev–Trinajstić information content (AvgIpc) is 3.80. The van der Waals surface area contributed by atoms with Gasteiger partial charge in [-0.1, -0.05) is 188 Å². The Balaban J connectivity index is 0.000000150. The van der Waals surface area contributed by atoms with E-state index in [1.54, 1.807) is 18.6 Å². The van der Waals surface area contributed by atoms with Gasteiger partial charge in [-0.05, 0) is 100 Å². The molecule has 0 aliphatic rings. The molecule has 0 saturated carbocycles. The molecule has 0 atom stereocenters. The van der Waals surface area contributed by atoms with E-state index >= 15 is 0 Å². The average molecular weight is 957 g/mol. The maximum atomic E-state index is 6.41. The molecular formula is C65H45AlN4O3. The smallest absolute Gasteiger partial charge is 0.576 e. The van der Waals surface area contributed by atoms with Gasteiger partial charge in [-0.3, -0.25) is 15.0 Å². The van der Waals surface area contributed by atoms with Gasteiger partial charge in [0, 0.05) is 51.2 Å². The monoisotopic (exact) mass is 956 g/mol. The van der Waals surface area contributed by atoms with Crippen LogP contribution in [0.25, 0.3) is 83.0 Å². The number of hydrogen-bond donors (Lipinski definition) is 0. The number of aromatic nitrogens is 4. The number of rotatable bonds is 11. The molecule has 7 nitrogen and oxygen atoms in total. The quantitative estimate of drug-likeness (QED) is 0.0950. The molecule has 4 aromatic heterocycles. The highest BCUT2D eigenvalue weighted by atomic mass is 27.3. The predicted molar refractivity (Wildman–Crippen MR) is 299 cm³/mol. The molecule has 0 saturated heterocycles. The number of para-hydroxylation sites is 5. The largest absolute Gasteiger partial charge is 1.20 e. The van der Waals surface area contributed by atoms with E-state index in [1.165, 1.54) is 60.9 Å². The summed E-state index contributed by atoms with van der Waals surface area (Å²) in [5.74, 6) is 1.82. The molecule has 346 valence electrons. The minimum atomic E-state index is -2.86. The highest BCUT2D eigenvalue weighted by molar-refractivity contribution is 6.40. The summed E-state index contributed by atoms with van der Waals surface area (Å²) in [7, 11) is 0. The van der Waals surface area contributed by atoms with Crippen molar-refractivity contribution in [2.75, 3.05) is 0 Å². The molecule has 9 aromatic carbocycles. The number of fused-ring (bicyclic) bond motifs is 6. The van der Waals surface area contributed by atoms with Crippen LogP contribution >= 0.6 is 0 Å². The highest BCUT2D eigenvalue weighted by Crippen LogP contribution is 2.34. The molecule has 73 heavy (non-hydrogen) atoms. The van der Waals surface area contributed by atoms with E-state index in [-0.39, 0.29) is 0 Å². The van der Waals surface area contributed by atoms with Crippen LogP contribution in [0.1, 0.15) is 16.7 Å². The van der Waals surface area contributed by atoms with Crippen molar-refractivity contribution in [3.8, 4) is 34.1 Å². The SMILES string of the molecule is C(=C(c1ccccc1)c1ccccc1)c1ccc(-c2ccc(-n3c4ccccc4c4ccccc43)cc2)cc1.c1cnc2c([O][Al]([O]c3cccc4cccnc34)[O]c3cccc4cccnc34)cccc2c1. The molecular weight excluding hydrogens is 912 g/mol. The van der Waals surface area contributed by atoms with Crippen molar-refractivity contribution in [1.82, 2.24) is 19.5 Å². The predicted octanol–water partition coefficient (Wildman–Crippen LogP) is 15.9. The van der Waals surface area contributed by atoms with E-state index in [9.17, 15) is 0 Å². The standard InChI is InChI=1S/C38H27N.3C9H7NO.Al/c1-3-11-31(12-4-1)36(32-13-5-2-6-14-32)27-28-19-21-29(22-20-28)30-23-25-33(26-24-30)39-37-17-9-7-15-34(37)35-16-8-10-18-38(35)39;3*11-8-5-1-3-7-4-2-6-10-9(7)8;/h1-27H;3*1-6,11H;/q;;;;+3/p-3. The van der Waals surface area contributed by atoms with Crippen LogP contribution < -0.4 is 11.4 Å². The zero-order valence-corrected chi connectivity index (χ0v) is 40.7. The lowest BCUT2D eigenvalue weighted by atomic mass is 9.95. The summed E-state index contributed by atoms with van der Waals surface area (Å²) in [5.41, 5.74) is 13.1. The Morgan fingerprint density at radius 3 is 1.18 bits per heavy atom. The second-order valence-corrected chi connectivity index (χ2v) is 18.7. The Kier molecular flexibility index (Phi) is 12.6. The molecule has 0 fully saturated rings. The second-order valence-electron chi connectivity index (χ2n) is 17.5. The van der Waals surface area contributed by atoms with Gasteiger partial charge in [0.25, 0.3) is 0 Å². The van der Waals surface area contributed by atoms with E-state index in [1.807, 2.05) is 91.0 Å². The molecule has 0 aliphatic heterocycles. The fourth-order valence-electron chi connectivity index (χ4n) is 9.41. The van der Waals surface area contributed by atoms with E-state index in [0.717, 1.165) is 32.7 Å². The zero-order chi connectivity index (χ0) is 48.8. The van der Waals surface area contributed by atoms with Crippen molar-refractivity contribution in [3.63, 3.8) is 0 Å². The fraction of sp³-hybridized carbons (Fsp3) is 0. The first-order valence-corrected chi connectivity index (χ1v) is 25.6. The first-order chi connectivity index (χ1) is 36.2. The summed E-state index contributed by atoms with van der Waals surface area (Å²) >= 11 is -2.86. The lowest BCUT2D eigenvalue weighted by molar-refractivity contribution is 0.311. The van der Waals surface area contributed by atoms with Crippen LogP contribution in [0.5, 0.6) is 17.2 Å². The molecule has 0 spiro atoms. The van der Waals surface area contributed by atoms with Gasteiger partial charge in [-0.25, -0.2) is 0 Å². The molecule has 4 heterocycles. The van der Waals surface area contributed by atoms with Crippen LogP contribution in [0.4, 0.5) is 0 Å². The zero-order valence-electron chi connectivity index (χ0n) is 39.6. The van der Waals surface area contributed by atoms with E-state index in [2.05, 4.69) is 183 Å². The topological polar surface area (TPSA) is 71.3 Å². The van der Waals surface area contributed by atoms with E-state index < -0.39 is 15.1 Å². The van der Waals surface area contributed by atoms with Gasteiger partial charge < -0.3 is 15.9 Å². The first-order valence-electron chi connectivity index (χ1n) is 24.2. The molecule has 13 rings (SSSR count). The van der Waals surface area contributed by atoms with Crippen LogP contribution in [-0.2, 0) is 0 Å². The lowest BCUT2D eigenvalue weighted by Crippen LogP contribution is -2.37. The summed E-state index contributed by atoms with van der Waals surface area (Å²) in [4.78, 5) is 13.5. The minimum Gasteiger partial charge on any atom is -0.576 e. The summed E-state index contributed by atoms with van der Waals surface area (Å²) in [6, 6.07) is 85.4.